The molecule has 3 fully saturated rings. The fourth-order valence-electron chi connectivity index (χ4n) is 11.2. The summed E-state index contributed by atoms with van der Waals surface area (Å²) < 4.78 is 50.5. The molecular weight excluding hydrogens is 847 g/mol. The summed E-state index contributed by atoms with van der Waals surface area (Å²) >= 11 is 0. The van der Waals surface area contributed by atoms with E-state index in [2.05, 4.69) is 47.4 Å². The van der Waals surface area contributed by atoms with Gasteiger partial charge >= 0.3 is 11.4 Å². The van der Waals surface area contributed by atoms with E-state index in [0.29, 0.717) is 71.1 Å². The van der Waals surface area contributed by atoms with Crippen LogP contribution < -0.4 is 11.4 Å². The molecule has 1 spiro atoms. The average molecular weight is 895 g/mol. The van der Waals surface area contributed by atoms with Gasteiger partial charge < -0.3 is 14.0 Å². The molecule has 8 heterocycles. The van der Waals surface area contributed by atoms with E-state index >= 15 is 13.6 Å². The van der Waals surface area contributed by atoms with Crippen molar-refractivity contribution >= 4 is 22.3 Å². The monoisotopic (exact) mass is 894 g/mol. The molecule has 12 rings (SSSR count). The minimum Gasteiger partial charge on any atom is -0.376 e. The molecule has 2 saturated carbocycles. The Bertz CT molecular complexity index is 3460. The van der Waals surface area contributed by atoms with Crippen molar-refractivity contribution < 1.29 is 22.8 Å². The van der Waals surface area contributed by atoms with Crippen molar-refractivity contribution in [3.63, 3.8) is 0 Å². The summed E-state index contributed by atoms with van der Waals surface area (Å²) in [6, 6.07) is 10.3. The minimum absolute atomic E-state index is 0.0515. The number of imidazole rings is 1. The Hall–Kier alpha value is -6.88. The van der Waals surface area contributed by atoms with Gasteiger partial charge in [-0.1, -0.05) is 11.2 Å². The topological polar surface area (TPSA) is 155 Å². The summed E-state index contributed by atoms with van der Waals surface area (Å²) in [6.07, 6.45) is 13.1. The van der Waals surface area contributed by atoms with Gasteiger partial charge in [-0.05, 0) is 126 Å². The number of carbonyl (C=O) groups is 1. The van der Waals surface area contributed by atoms with Gasteiger partial charge in [-0.25, -0.2) is 23.1 Å². The molecule has 17 heteroatoms. The normalized spacial score (nSPS) is 20.4. The van der Waals surface area contributed by atoms with Gasteiger partial charge in [-0.3, -0.25) is 28.1 Å². The van der Waals surface area contributed by atoms with Crippen LogP contribution in [0.1, 0.15) is 121 Å². The van der Waals surface area contributed by atoms with Crippen molar-refractivity contribution in [2.75, 3.05) is 13.2 Å². The Labute approximate surface area is 376 Å². The summed E-state index contributed by atoms with van der Waals surface area (Å²) in [7, 11) is 1.72. The minimum atomic E-state index is -0.756. The Morgan fingerprint density at radius 3 is 2.38 bits per heavy atom. The Morgan fingerprint density at radius 2 is 1.68 bits per heavy atom. The largest absolute Gasteiger partial charge is 0.438 e. The SMILES string of the molecule is Cc1cc(-n2nc3c(c2-n2ccn(-c4ccc5c(cnn5C)c4F)c2=O)[C@H](C)N(C(=O)c2cn4cc([C@H]5CCOC(C)(C)C5)ccc4c2C2(c4noc(=O)[nH]4)CC2)CC32CC2)cc(C)c1F. The first-order valence-corrected chi connectivity index (χ1v) is 22.6. The number of rotatable bonds is 7. The van der Waals surface area contributed by atoms with E-state index < -0.39 is 34.1 Å². The number of aromatic nitrogens is 9. The summed E-state index contributed by atoms with van der Waals surface area (Å²) in [5.41, 5.74) is 4.56. The molecular formula is C49H48F2N10O5. The van der Waals surface area contributed by atoms with Crippen LogP contribution in [0.25, 0.3) is 33.6 Å². The van der Waals surface area contributed by atoms with Crippen molar-refractivity contribution in [3.05, 3.63) is 145 Å². The maximum Gasteiger partial charge on any atom is 0.438 e. The van der Waals surface area contributed by atoms with Crippen molar-refractivity contribution in [1.82, 2.24) is 48.1 Å². The molecule has 0 radical (unpaired) electrons. The summed E-state index contributed by atoms with van der Waals surface area (Å²) in [5.74, 6) is -0.786. The fraction of sp³-hybridized carbons (Fsp3) is 0.388. The van der Waals surface area contributed by atoms with Crippen LogP contribution in [0.3, 0.4) is 0 Å². The predicted molar refractivity (Wildman–Crippen MR) is 239 cm³/mol. The molecule has 2 atom stereocenters. The number of amides is 1. The quantitative estimate of drug-likeness (QED) is 0.172. The third-order valence-electron chi connectivity index (χ3n) is 15.0. The summed E-state index contributed by atoms with van der Waals surface area (Å²) in [5, 5.41) is 13.9. The first kappa shape index (κ1) is 40.6. The zero-order valence-electron chi connectivity index (χ0n) is 37.5. The lowest BCUT2D eigenvalue weighted by atomic mass is 9.84. The number of aryl methyl sites for hydroxylation is 3. The number of ether oxygens (including phenoxy) is 1. The molecule has 338 valence electrons. The lowest BCUT2D eigenvalue weighted by Gasteiger charge is -2.38. The highest BCUT2D eigenvalue weighted by Crippen LogP contribution is 2.58. The van der Waals surface area contributed by atoms with Crippen molar-refractivity contribution in [2.45, 2.75) is 102 Å². The zero-order chi connectivity index (χ0) is 45.8. The number of hydrogen-bond acceptors (Lipinski definition) is 8. The predicted octanol–water partition coefficient (Wildman–Crippen LogP) is 7.53. The van der Waals surface area contributed by atoms with E-state index in [4.69, 9.17) is 14.4 Å². The average Bonchev–Trinajstić information content (AvgIpc) is 3.88. The number of carbonyl (C=O) groups excluding carboxylic acids is 1. The molecule has 2 aliphatic carbocycles. The van der Waals surface area contributed by atoms with Gasteiger partial charge in [-0.2, -0.15) is 10.2 Å². The first-order valence-electron chi connectivity index (χ1n) is 22.6. The van der Waals surface area contributed by atoms with Gasteiger partial charge in [0.2, 0.25) is 0 Å². The molecule has 8 aromatic rings. The first-order chi connectivity index (χ1) is 31.6. The maximum atomic E-state index is 16.2. The van der Waals surface area contributed by atoms with Gasteiger partial charge in [0.1, 0.15) is 11.6 Å². The number of H-pyrrole nitrogens is 1. The number of nitrogens with one attached hydrogen (secondary N) is 1. The second-order valence-electron chi connectivity index (χ2n) is 19.7. The second-order valence-corrected chi connectivity index (χ2v) is 19.7. The number of halogens is 2. The van der Waals surface area contributed by atoms with Crippen molar-refractivity contribution in [3.8, 4) is 17.2 Å². The van der Waals surface area contributed by atoms with E-state index in [1.807, 2.05) is 22.4 Å². The number of nitrogens with zero attached hydrogens (tertiary/aromatic N) is 9. The Balaban J connectivity index is 1.03. The Kier molecular flexibility index (Phi) is 8.51. The van der Waals surface area contributed by atoms with Crippen LogP contribution in [0.15, 0.2) is 81.5 Å². The molecule has 15 nitrogen and oxygen atoms in total. The number of hydrogen-bond donors (Lipinski definition) is 1. The van der Waals surface area contributed by atoms with Crippen LogP contribution >= 0.6 is 0 Å². The maximum absolute atomic E-state index is 16.2. The van der Waals surface area contributed by atoms with Gasteiger partial charge in [0.25, 0.3) is 5.91 Å². The molecule has 2 aliphatic heterocycles. The molecule has 66 heavy (non-hydrogen) atoms. The molecule has 6 aromatic heterocycles. The summed E-state index contributed by atoms with van der Waals surface area (Å²) in [6.45, 7) is 10.6. The van der Waals surface area contributed by atoms with Crippen molar-refractivity contribution in [2.24, 2.45) is 7.05 Å². The van der Waals surface area contributed by atoms with Gasteiger partial charge in [0.15, 0.2) is 11.6 Å². The molecule has 0 bridgehead atoms. The molecule has 1 amide bonds. The molecule has 2 aromatic carbocycles. The van der Waals surface area contributed by atoms with Crippen LogP contribution in [0, 0.1) is 25.5 Å². The number of benzene rings is 2. The van der Waals surface area contributed by atoms with Crippen LogP contribution in [-0.2, 0) is 22.6 Å². The fourth-order valence-corrected chi connectivity index (χ4v) is 11.2. The molecule has 1 saturated heterocycles. The second kappa shape index (κ2) is 13.8. The number of fused-ring (bicyclic) bond motifs is 4. The van der Waals surface area contributed by atoms with E-state index in [9.17, 15) is 9.59 Å². The standard InChI is InChI=1S/C49H48F2N10O5/c1-26-19-31(20-27(2)39(26)50)61-42(59-17-16-58(46(59)64)36-10-9-34-32(40(36)51)22-52-56(34)6)37-28(3)60(25-48(12-13-48)41(37)54-61)43(62)33-24-57-23-30(29-11-18-65-47(4,5)21-29)7-8-35(57)38(33)49(14-15-49)44-53-45(63)66-55-44/h7-10,16-17,19-20,22-24,28-29H,11-15,18,21,25H2,1-6H3,(H,53,55,63)/t28-,29-/m0/s1. The van der Waals surface area contributed by atoms with Gasteiger partial charge in [-0.15, -0.1) is 0 Å². The van der Waals surface area contributed by atoms with E-state index in [1.54, 1.807) is 60.7 Å². The number of aromatic amines is 1. The van der Waals surface area contributed by atoms with E-state index in [-0.39, 0.29) is 34.3 Å². The number of pyridine rings is 1. The lowest BCUT2D eigenvalue weighted by Crippen LogP contribution is -2.44. The van der Waals surface area contributed by atoms with Crippen molar-refractivity contribution in [1.29, 1.82) is 0 Å². The van der Waals surface area contributed by atoms with Gasteiger partial charge in [0.05, 0.1) is 62.3 Å². The van der Waals surface area contributed by atoms with Crippen LogP contribution in [0.4, 0.5) is 8.78 Å². The highest BCUT2D eigenvalue weighted by atomic mass is 19.1. The highest BCUT2D eigenvalue weighted by Gasteiger charge is 2.57. The smallest absolute Gasteiger partial charge is 0.376 e. The van der Waals surface area contributed by atoms with Crippen LogP contribution in [0.2, 0.25) is 0 Å². The summed E-state index contributed by atoms with van der Waals surface area (Å²) in [4.78, 5) is 47.7. The Morgan fingerprint density at radius 1 is 0.939 bits per heavy atom. The third-order valence-corrected chi connectivity index (χ3v) is 15.0. The van der Waals surface area contributed by atoms with Crippen LogP contribution in [-0.4, -0.2) is 72.8 Å². The highest BCUT2D eigenvalue weighted by molar-refractivity contribution is 6.00. The molecule has 4 aliphatic rings. The van der Waals surface area contributed by atoms with Crippen LogP contribution in [0.5, 0.6) is 0 Å². The zero-order valence-corrected chi connectivity index (χ0v) is 37.5. The lowest BCUT2D eigenvalue weighted by molar-refractivity contribution is -0.0593. The van der Waals surface area contributed by atoms with E-state index in [1.165, 1.54) is 21.5 Å². The molecule has 0 unspecified atom stereocenters. The molecule has 1 N–H and O–H groups in total. The van der Waals surface area contributed by atoms with Gasteiger partial charge in [0, 0.05) is 61.5 Å². The third kappa shape index (κ3) is 5.87. The van der Waals surface area contributed by atoms with E-state index in [0.717, 1.165) is 48.0 Å².